The summed E-state index contributed by atoms with van der Waals surface area (Å²) in [4.78, 5) is 0. The molecule has 1 aromatic carbocycles. The van der Waals surface area contributed by atoms with Crippen LogP contribution < -0.4 is 10.5 Å². The van der Waals surface area contributed by atoms with Crippen LogP contribution in [0.2, 0.25) is 0 Å². The SMILES string of the molecule is COCCOCCOCCCOc1ccc(CN)cc1. The third kappa shape index (κ3) is 8.12. The predicted molar refractivity (Wildman–Crippen MR) is 78.0 cm³/mol. The largest absolute Gasteiger partial charge is 0.494 e. The number of nitrogens with two attached hydrogens (primary N) is 1. The maximum atomic E-state index is 5.60. The Morgan fingerprint density at radius 1 is 0.850 bits per heavy atom. The summed E-state index contributed by atoms with van der Waals surface area (Å²) in [7, 11) is 1.66. The summed E-state index contributed by atoms with van der Waals surface area (Å²) in [5, 5.41) is 0. The van der Waals surface area contributed by atoms with Gasteiger partial charge in [-0.25, -0.2) is 0 Å². The molecule has 114 valence electrons. The van der Waals surface area contributed by atoms with Gasteiger partial charge in [-0.05, 0) is 17.7 Å². The fraction of sp³-hybridized carbons (Fsp3) is 0.600. The molecular formula is C15H25NO4. The molecule has 0 saturated heterocycles. The standard InChI is InChI=1S/C15H25NO4/c1-17-9-10-19-12-11-18-7-2-8-20-15-5-3-14(13-16)4-6-15/h3-6H,2,7-13,16H2,1H3. The molecule has 0 radical (unpaired) electrons. The monoisotopic (exact) mass is 283 g/mol. The Kier molecular flexibility index (Phi) is 9.87. The Hall–Kier alpha value is -1.14. The van der Waals surface area contributed by atoms with Gasteiger partial charge in [-0.3, -0.25) is 0 Å². The van der Waals surface area contributed by atoms with Crippen LogP contribution in [0.15, 0.2) is 24.3 Å². The molecule has 0 atom stereocenters. The summed E-state index contributed by atoms with van der Waals surface area (Å²) in [5.74, 6) is 0.866. The maximum Gasteiger partial charge on any atom is 0.119 e. The molecule has 0 aliphatic heterocycles. The molecule has 1 aromatic rings. The summed E-state index contributed by atoms with van der Waals surface area (Å²) in [6.07, 6.45) is 0.858. The van der Waals surface area contributed by atoms with E-state index in [9.17, 15) is 0 Å². The minimum absolute atomic E-state index is 0.556. The van der Waals surface area contributed by atoms with Crippen LogP contribution in [0.3, 0.4) is 0 Å². The van der Waals surface area contributed by atoms with E-state index in [-0.39, 0.29) is 0 Å². The lowest BCUT2D eigenvalue weighted by Crippen LogP contribution is -2.10. The van der Waals surface area contributed by atoms with Crippen LogP contribution in [0.4, 0.5) is 0 Å². The molecule has 0 spiro atoms. The van der Waals surface area contributed by atoms with Crippen LogP contribution in [-0.2, 0) is 20.8 Å². The van der Waals surface area contributed by atoms with E-state index in [4.69, 9.17) is 24.7 Å². The first-order chi connectivity index (χ1) is 9.86. The Morgan fingerprint density at radius 2 is 1.50 bits per heavy atom. The zero-order chi connectivity index (χ0) is 14.5. The van der Waals surface area contributed by atoms with Gasteiger partial charge >= 0.3 is 0 Å². The fourth-order valence-electron chi connectivity index (χ4n) is 1.54. The van der Waals surface area contributed by atoms with Crippen LogP contribution in [0.5, 0.6) is 5.75 Å². The number of benzene rings is 1. The van der Waals surface area contributed by atoms with Gasteiger partial charge in [-0.15, -0.1) is 0 Å². The zero-order valence-corrected chi connectivity index (χ0v) is 12.2. The highest BCUT2D eigenvalue weighted by atomic mass is 16.5. The van der Waals surface area contributed by atoms with Crippen molar-refractivity contribution in [1.29, 1.82) is 0 Å². The maximum absolute atomic E-state index is 5.60. The average molecular weight is 283 g/mol. The van der Waals surface area contributed by atoms with Crippen molar-refractivity contribution in [2.75, 3.05) is 46.8 Å². The van der Waals surface area contributed by atoms with Gasteiger partial charge in [-0.2, -0.15) is 0 Å². The second kappa shape index (κ2) is 11.7. The van der Waals surface area contributed by atoms with E-state index in [0.29, 0.717) is 46.2 Å². The normalized spacial score (nSPS) is 10.7. The molecule has 0 aliphatic carbocycles. The molecule has 0 saturated carbocycles. The lowest BCUT2D eigenvalue weighted by Gasteiger charge is -2.08. The smallest absolute Gasteiger partial charge is 0.119 e. The van der Waals surface area contributed by atoms with Gasteiger partial charge in [-0.1, -0.05) is 12.1 Å². The lowest BCUT2D eigenvalue weighted by atomic mass is 10.2. The van der Waals surface area contributed by atoms with Crippen molar-refractivity contribution in [2.24, 2.45) is 5.73 Å². The van der Waals surface area contributed by atoms with Gasteiger partial charge in [0.2, 0.25) is 0 Å². The molecule has 20 heavy (non-hydrogen) atoms. The van der Waals surface area contributed by atoms with E-state index in [1.165, 1.54) is 0 Å². The third-order valence-electron chi connectivity index (χ3n) is 2.66. The Balaban J connectivity index is 1.91. The zero-order valence-electron chi connectivity index (χ0n) is 12.2. The van der Waals surface area contributed by atoms with Gasteiger partial charge in [0.25, 0.3) is 0 Å². The second-order valence-electron chi connectivity index (χ2n) is 4.27. The average Bonchev–Trinajstić information content (AvgIpc) is 2.50. The Labute approximate surface area is 121 Å². The lowest BCUT2D eigenvalue weighted by molar-refractivity contribution is 0.0224. The number of methoxy groups -OCH3 is 1. The highest BCUT2D eigenvalue weighted by Crippen LogP contribution is 2.11. The molecule has 0 aliphatic rings. The van der Waals surface area contributed by atoms with Crippen molar-refractivity contribution in [3.8, 4) is 5.75 Å². The third-order valence-corrected chi connectivity index (χ3v) is 2.66. The number of hydrogen-bond donors (Lipinski definition) is 1. The Bertz CT molecular complexity index is 329. The van der Waals surface area contributed by atoms with E-state index in [1.54, 1.807) is 7.11 Å². The fourth-order valence-corrected chi connectivity index (χ4v) is 1.54. The molecule has 5 heteroatoms. The van der Waals surface area contributed by atoms with Crippen LogP contribution in [0.25, 0.3) is 0 Å². The first kappa shape index (κ1) is 16.9. The van der Waals surface area contributed by atoms with Gasteiger partial charge in [0, 0.05) is 26.7 Å². The molecule has 0 unspecified atom stereocenters. The summed E-state index contributed by atoms with van der Waals surface area (Å²) in [6.45, 7) is 4.32. The van der Waals surface area contributed by atoms with Crippen molar-refractivity contribution in [3.63, 3.8) is 0 Å². The first-order valence-corrected chi connectivity index (χ1v) is 6.93. The van der Waals surface area contributed by atoms with Crippen molar-refractivity contribution >= 4 is 0 Å². The number of hydrogen-bond acceptors (Lipinski definition) is 5. The van der Waals surface area contributed by atoms with Crippen molar-refractivity contribution in [1.82, 2.24) is 0 Å². The molecule has 0 bridgehead atoms. The van der Waals surface area contributed by atoms with Gasteiger partial charge in [0.1, 0.15) is 5.75 Å². The quantitative estimate of drug-likeness (QED) is 0.590. The summed E-state index contributed by atoms with van der Waals surface area (Å²) < 4.78 is 21.2. The van der Waals surface area contributed by atoms with Gasteiger partial charge in [0.05, 0.1) is 33.0 Å². The highest BCUT2D eigenvalue weighted by Gasteiger charge is 1.95. The molecule has 1 rings (SSSR count). The molecular weight excluding hydrogens is 258 g/mol. The van der Waals surface area contributed by atoms with Crippen molar-refractivity contribution < 1.29 is 18.9 Å². The van der Waals surface area contributed by atoms with E-state index in [0.717, 1.165) is 17.7 Å². The minimum Gasteiger partial charge on any atom is -0.494 e. The van der Waals surface area contributed by atoms with Crippen LogP contribution in [0, 0.1) is 0 Å². The van der Waals surface area contributed by atoms with E-state index in [1.807, 2.05) is 24.3 Å². The van der Waals surface area contributed by atoms with Crippen molar-refractivity contribution in [3.05, 3.63) is 29.8 Å². The van der Waals surface area contributed by atoms with Crippen molar-refractivity contribution in [2.45, 2.75) is 13.0 Å². The second-order valence-corrected chi connectivity index (χ2v) is 4.27. The topological polar surface area (TPSA) is 62.9 Å². The Morgan fingerprint density at radius 3 is 2.15 bits per heavy atom. The first-order valence-electron chi connectivity index (χ1n) is 6.93. The summed E-state index contributed by atoms with van der Waals surface area (Å²) >= 11 is 0. The molecule has 5 nitrogen and oxygen atoms in total. The molecule has 0 aromatic heterocycles. The molecule has 0 heterocycles. The van der Waals surface area contributed by atoms with E-state index < -0.39 is 0 Å². The van der Waals surface area contributed by atoms with Gasteiger partial charge in [0.15, 0.2) is 0 Å². The predicted octanol–water partition coefficient (Wildman–Crippen LogP) is 1.59. The van der Waals surface area contributed by atoms with Crippen LogP contribution >= 0.6 is 0 Å². The molecule has 0 fully saturated rings. The minimum atomic E-state index is 0.556. The highest BCUT2D eigenvalue weighted by molar-refractivity contribution is 5.26. The van der Waals surface area contributed by atoms with Crippen LogP contribution in [-0.4, -0.2) is 46.8 Å². The molecule has 2 N–H and O–H groups in total. The summed E-state index contributed by atoms with van der Waals surface area (Å²) in [6, 6.07) is 7.83. The van der Waals surface area contributed by atoms with E-state index >= 15 is 0 Å². The van der Waals surface area contributed by atoms with Crippen LogP contribution in [0.1, 0.15) is 12.0 Å². The number of rotatable bonds is 12. The van der Waals surface area contributed by atoms with Gasteiger partial charge < -0.3 is 24.7 Å². The van der Waals surface area contributed by atoms with E-state index in [2.05, 4.69) is 0 Å². The molecule has 0 amide bonds. The number of ether oxygens (including phenoxy) is 4. The summed E-state index contributed by atoms with van der Waals surface area (Å²) in [5.41, 5.74) is 6.64.